The monoisotopic (exact) mass is 314 g/mol. The molecule has 4 heteroatoms. The summed E-state index contributed by atoms with van der Waals surface area (Å²) in [7, 11) is 0. The maximum atomic E-state index is 3.60. The summed E-state index contributed by atoms with van der Waals surface area (Å²) in [5.41, 5.74) is 4.06. The Labute approximate surface area is 116 Å². The van der Waals surface area contributed by atoms with E-state index in [9.17, 15) is 0 Å². The number of rotatable bonds is 0. The van der Waals surface area contributed by atoms with Crippen LogP contribution >= 0.6 is 28.3 Å². The third kappa shape index (κ3) is 2.01. The highest BCUT2D eigenvalue weighted by atomic mass is 79.9. The molecule has 0 radical (unpaired) electrons. The van der Waals surface area contributed by atoms with Crippen molar-refractivity contribution in [3.05, 3.63) is 33.9 Å². The second-order valence-corrected chi connectivity index (χ2v) is 5.50. The predicted octanol–water partition coefficient (Wildman–Crippen LogP) is 3.80. The van der Waals surface area contributed by atoms with E-state index in [0.29, 0.717) is 6.04 Å². The summed E-state index contributed by atoms with van der Waals surface area (Å²) in [5.74, 6) is 0. The molecule has 1 aromatic heterocycles. The summed E-state index contributed by atoms with van der Waals surface area (Å²) in [5, 5.41) is 4.78. The van der Waals surface area contributed by atoms with Crippen LogP contribution < -0.4 is 5.32 Å². The molecule has 0 bridgehead atoms. The molecule has 0 aliphatic carbocycles. The molecule has 1 aliphatic rings. The van der Waals surface area contributed by atoms with Gasteiger partial charge in [0.1, 0.15) is 0 Å². The summed E-state index contributed by atoms with van der Waals surface area (Å²) in [4.78, 5) is 0. The Hall–Kier alpha value is -0.510. The number of aromatic nitrogens is 1. The summed E-state index contributed by atoms with van der Waals surface area (Å²) >= 11 is 3.60. The fourth-order valence-corrected chi connectivity index (χ4v) is 2.93. The van der Waals surface area contributed by atoms with Crippen molar-refractivity contribution in [1.82, 2.24) is 9.88 Å². The molecule has 1 aliphatic heterocycles. The van der Waals surface area contributed by atoms with E-state index < -0.39 is 0 Å². The third-order valence-corrected chi connectivity index (χ3v) is 4.24. The van der Waals surface area contributed by atoms with Crippen LogP contribution in [-0.2, 0) is 6.54 Å². The summed E-state index contributed by atoms with van der Waals surface area (Å²) in [6.07, 6.45) is 0. The van der Waals surface area contributed by atoms with Crippen LogP contribution in [0, 0.1) is 6.92 Å². The normalized spacial score (nSPS) is 18.9. The quantitative estimate of drug-likeness (QED) is 0.782. The van der Waals surface area contributed by atoms with Crippen LogP contribution in [0.4, 0.5) is 0 Å². The molecule has 1 atom stereocenters. The fraction of sp³-hybridized carbons (Fsp3) is 0.385. The van der Waals surface area contributed by atoms with Gasteiger partial charge in [0.2, 0.25) is 0 Å². The number of nitrogens with zero attached hydrogens (tertiary/aromatic N) is 1. The first-order valence-corrected chi connectivity index (χ1v) is 6.47. The van der Waals surface area contributed by atoms with E-state index in [-0.39, 0.29) is 12.4 Å². The number of nitrogens with one attached hydrogen (secondary N) is 1. The SMILES string of the molecule is Cc1cc2c(cc1Br)cc1n2[C@H](C)CNC1.Cl. The largest absolute Gasteiger partial charge is 0.339 e. The Bertz CT molecular complexity index is 562. The van der Waals surface area contributed by atoms with E-state index in [4.69, 9.17) is 0 Å². The maximum Gasteiger partial charge on any atom is 0.0489 e. The average Bonchev–Trinajstić information content (AvgIpc) is 2.58. The summed E-state index contributed by atoms with van der Waals surface area (Å²) in [6.45, 7) is 6.46. The zero-order chi connectivity index (χ0) is 11.3. The summed E-state index contributed by atoms with van der Waals surface area (Å²) < 4.78 is 3.66. The highest BCUT2D eigenvalue weighted by Crippen LogP contribution is 2.30. The number of benzene rings is 1. The molecule has 3 rings (SSSR count). The molecule has 17 heavy (non-hydrogen) atoms. The third-order valence-electron chi connectivity index (χ3n) is 3.39. The number of hydrogen-bond acceptors (Lipinski definition) is 1. The molecule has 1 aromatic carbocycles. The molecule has 2 heterocycles. The standard InChI is InChI=1S/C13H15BrN2.ClH/c1-8-3-13-10(5-12(8)14)4-11-7-15-6-9(2)16(11)13;/h3-5,9,15H,6-7H2,1-2H3;1H/t9-;/m1./s1. The molecule has 2 aromatic rings. The smallest absolute Gasteiger partial charge is 0.0489 e. The van der Waals surface area contributed by atoms with E-state index in [1.54, 1.807) is 0 Å². The van der Waals surface area contributed by atoms with Crippen molar-refractivity contribution < 1.29 is 0 Å². The van der Waals surface area contributed by atoms with E-state index in [1.807, 2.05) is 0 Å². The first-order chi connectivity index (χ1) is 7.66. The van der Waals surface area contributed by atoms with Crippen LogP contribution in [0.1, 0.15) is 24.2 Å². The van der Waals surface area contributed by atoms with E-state index >= 15 is 0 Å². The summed E-state index contributed by atoms with van der Waals surface area (Å²) in [6, 6.07) is 7.34. The zero-order valence-corrected chi connectivity index (χ0v) is 12.4. The maximum absolute atomic E-state index is 3.60. The van der Waals surface area contributed by atoms with Gasteiger partial charge in [-0.3, -0.25) is 0 Å². The van der Waals surface area contributed by atoms with Crippen molar-refractivity contribution in [2.45, 2.75) is 26.4 Å². The van der Waals surface area contributed by atoms with E-state index in [0.717, 1.165) is 13.1 Å². The Morgan fingerprint density at radius 3 is 2.88 bits per heavy atom. The topological polar surface area (TPSA) is 17.0 Å². The first-order valence-electron chi connectivity index (χ1n) is 5.67. The van der Waals surface area contributed by atoms with Gasteiger partial charge in [-0.1, -0.05) is 15.9 Å². The second-order valence-electron chi connectivity index (χ2n) is 4.65. The van der Waals surface area contributed by atoms with E-state index in [2.05, 4.69) is 57.9 Å². The molecule has 0 saturated heterocycles. The van der Waals surface area contributed by atoms with Crippen molar-refractivity contribution in [2.75, 3.05) is 6.54 Å². The molecule has 0 unspecified atom stereocenters. The van der Waals surface area contributed by atoms with Gasteiger partial charge in [-0.05, 0) is 37.6 Å². The Kier molecular flexibility index (Phi) is 3.53. The number of hydrogen-bond donors (Lipinski definition) is 1. The van der Waals surface area contributed by atoms with E-state index in [1.165, 1.54) is 26.6 Å². The molecule has 1 N–H and O–H groups in total. The Morgan fingerprint density at radius 2 is 2.12 bits per heavy atom. The average molecular weight is 316 g/mol. The molecule has 2 nitrogen and oxygen atoms in total. The zero-order valence-electron chi connectivity index (χ0n) is 9.96. The van der Waals surface area contributed by atoms with Crippen LogP contribution in [0.5, 0.6) is 0 Å². The van der Waals surface area contributed by atoms with Crippen molar-refractivity contribution in [3.8, 4) is 0 Å². The Morgan fingerprint density at radius 1 is 1.35 bits per heavy atom. The van der Waals surface area contributed by atoms with Crippen LogP contribution in [0.3, 0.4) is 0 Å². The van der Waals surface area contributed by atoms with Gasteiger partial charge in [0, 0.05) is 40.2 Å². The van der Waals surface area contributed by atoms with Crippen LogP contribution in [0.15, 0.2) is 22.7 Å². The molecule has 0 amide bonds. The lowest BCUT2D eigenvalue weighted by Crippen LogP contribution is -2.30. The second kappa shape index (κ2) is 4.63. The van der Waals surface area contributed by atoms with Crippen molar-refractivity contribution >= 4 is 39.2 Å². The highest BCUT2D eigenvalue weighted by Gasteiger charge is 2.18. The van der Waals surface area contributed by atoms with Gasteiger partial charge in [0.25, 0.3) is 0 Å². The number of fused-ring (bicyclic) bond motifs is 3. The molecule has 0 spiro atoms. The fourth-order valence-electron chi connectivity index (χ4n) is 2.57. The Balaban J connectivity index is 0.00000108. The van der Waals surface area contributed by atoms with Gasteiger partial charge in [-0.25, -0.2) is 0 Å². The number of aryl methyl sites for hydroxylation is 1. The predicted molar refractivity (Wildman–Crippen MR) is 78.0 cm³/mol. The van der Waals surface area contributed by atoms with Crippen molar-refractivity contribution in [2.24, 2.45) is 0 Å². The minimum atomic E-state index is 0. The van der Waals surface area contributed by atoms with Gasteiger partial charge in [-0.2, -0.15) is 0 Å². The lowest BCUT2D eigenvalue weighted by molar-refractivity contribution is 0.439. The minimum Gasteiger partial charge on any atom is -0.339 e. The lowest BCUT2D eigenvalue weighted by Gasteiger charge is -2.24. The highest BCUT2D eigenvalue weighted by molar-refractivity contribution is 9.10. The van der Waals surface area contributed by atoms with Crippen LogP contribution in [0.25, 0.3) is 10.9 Å². The van der Waals surface area contributed by atoms with Gasteiger partial charge in [0.15, 0.2) is 0 Å². The number of halogens is 2. The van der Waals surface area contributed by atoms with Gasteiger partial charge >= 0.3 is 0 Å². The lowest BCUT2D eigenvalue weighted by atomic mass is 10.2. The van der Waals surface area contributed by atoms with Crippen LogP contribution in [-0.4, -0.2) is 11.1 Å². The van der Waals surface area contributed by atoms with Gasteiger partial charge < -0.3 is 9.88 Å². The van der Waals surface area contributed by atoms with Crippen molar-refractivity contribution in [3.63, 3.8) is 0 Å². The molecule has 92 valence electrons. The van der Waals surface area contributed by atoms with Crippen molar-refractivity contribution in [1.29, 1.82) is 0 Å². The van der Waals surface area contributed by atoms with Gasteiger partial charge in [-0.15, -0.1) is 12.4 Å². The molecular weight excluding hydrogens is 300 g/mol. The molecule has 0 fully saturated rings. The molecule has 0 saturated carbocycles. The first kappa shape index (κ1) is 12.9. The van der Waals surface area contributed by atoms with Gasteiger partial charge in [0.05, 0.1) is 0 Å². The van der Waals surface area contributed by atoms with Crippen LogP contribution in [0.2, 0.25) is 0 Å². The molecular formula is C13H16BrClN2. The minimum absolute atomic E-state index is 0.